The maximum absolute atomic E-state index is 12.2. The largest absolute Gasteiger partial charge is 0.378 e. The molecule has 2 aromatic rings. The smallest absolute Gasteiger partial charge is 0.254 e. The number of nitrogens with zero attached hydrogens (tertiary/aromatic N) is 2. The molecule has 1 heterocycles. The predicted molar refractivity (Wildman–Crippen MR) is 81.6 cm³/mol. The van der Waals surface area contributed by atoms with Crippen LogP contribution in [-0.2, 0) is 4.79 Å². The summed E-state index contributed by atoms with van der Waals surface area (Å²) in [6.45, 7) is 3.52. The fourth-order valence-electron chi connectivity index (χ4n) is 1.94. The van der Waals surface area contributed by atoms with Crippen LogP contribution in [0.15, 0.2) is 22.7 Å². The van der Waals surface area contributed by atoms with Gasteiger partial charge in [-0.2, -0.15) is 4.98 Å². The third-order valence-corrected chi connectivity index (χ3v) is 3.47. The molecule has 2 rings (SSSR count). The summed E-state index contributed by atoms with van der Waals surface area (Å²) in [6, 6.07) is 4.04. The van der Waals surface area contributed by atoms with Gasteiger partial charge in [-0.1, -0.05) is 35.3 Å². The lowest BCUT2D eigenvalue weighted by molar-refractivity contribution is -0.130. The molecule has 2 atom stereocenters. The zero-order valence-electron chi connectivity index (χ0n) is 12.0. The maximum atomic E-state index is 12.2. The van der Waals surface area contributed by atoms with Gasteiger partial charge in [0, 0.05) is 17.0 Å². The normalized spacial score (nSPS) is 13.7. The number of nitrogens with one attached hydrogen (secondary N) is 1. The third kappa shape index (κ3) is 3.97. The number of hydrogen-bond acceptors (Lipinski definition) is 5. The second kappa shape index (κ2) is 7.09. The van der Waals surface area contributed by atoms with Gasteiger partial charge in [0.05, 0.1) is 6.04 Å². The SMILES string of the molecule is CC[C@@H](NC(=O)[C@@H](O)c1cc(Cl)cc(Cl)c1)c1noc(C)n1. The van der Waals surface area contributed by atoms with Gasteiger partial charge in [0.1, 0.15) is 0 Å². The van der Waals surface area contributed by atoms with Crippen LogP contribution in [0.4, 0.5) is 0 Å². The van der Waals surface area contributed by atoms with Crippen molar-refractivity contribution in [3.63, 3.8) is 0 Å². The van der Waals surface area contributed by atoms with Crippen molar-refractivity contribution >= 4 is 29.1 Å². The van der Waals surface area contributed by atoms with Gasteiger partial charge in [0.15, 0.2) is 11.9 Å². The fourth-order valence-corrected chi connectivity index (χ4v) is 2.48. The Morgan fingerprint density at radius 1 is 1.36 bits per heavy atom. The highest BCUT2D eigenvalue weighted by atomic mass is 35.5. The predicted octanol–water partition coefficient (Wildman–Crippen LogP) is 2.99. The van der Waals surface area contributed by atoms with Crippen LogP contribution < -0.4 is 5.32 Å². The molecule has 0 fully saturated rings. The van der Waals surface area contributed by atoms with Gasteiger partial charge < -0.3 is 14.9 Å². The Morgan fingerprint density at radius 3 is 2.50 bits per heavy atom. The summed E-state index contributed by atoms with van der Waals surface area (Å²) in [5, 5.41) is 17.3. The van der Waals surface area contributed by atoms with Crippen molar-refractivity contribution in [1.82, 2.24) is 15.5 Å². The monoisotopic (exact) mass is 343 g/mol. The van der Waals surface area contributed by atoms with Crippen molar-refractivity contribution in [2.75, 3.05) is 0 Å². The molecule has 1 aromatic carbocycles. The topological polar surface area (TPSA) is 88.2 Å². The zero-order chi connectivity index (χ0) is 16.3. The van der Waals surface area contributed by atoms with Gasteiger partial charge in [-0.25, -0.2) is 0 Å². The van der Waals surface area contributed by atoms with Crippen LogP contribution in [0.5, 0.6) is 0 Å². The van der Waals surface area contributed by atoms with E-state index in [1.54, 1.807) is 6.92 Å². The minimum atomic E-state index is -1.39. The lowest BCUT2D eigenvalue weighted by Crippen LogP contribution is -2.33. The Balaban J connectivity index is 2.13. The molecule has 0 aliphatic heterocycles. The molecular formula is C14H15Cl2N3O3. The van der Waals surface area contributed by atoms with E-state index in [1.165, 1.54) is 18.2 Å². The van der Waals surface area contributed by atoms with Crippen molar-refractivity contribution in [1.29, 1.82) is 0 Å². The van der Waals surface area contributed by atoms with E-state index in [9.17, 15) is 9.90 Å². The standard InChI is InChI=1S/C14H15Cl2N3O3/c1-3-11(13-17-7(2)22-19-13)18-14(21)12(20)8-4-9(15)6-10(16)5-8/h4-6,11-12,20H,3H2,1-2H3,(H,18,21)/t11-,12+/m1/s1. The number of hydrogen-bond donors (Lipinski definition) is 2. The molecule has 0 bridgehead atoms. The number of halogens is 2. The average molecular weight is 344 g/mol. The second-order valence-corrected chi connectivity index (χ2v) is 5.62. The highest BCUT2D eigenvalue weighted by Gasteiger charge is 2.24. The van der Waals surface area contributed by atoms with Gasteiger partial charge in [0.25, 0.3) is 5.91 Å². The third-order valence-electron chi connectivity index (χ3n) is 3.03. The molecule has 0 aliphatic carbocycles. The molecule has 0 aliphatic rings. The summed E-state index contributed by atoms with van der Waals surface area (Å²) in [4.78, 5) is 16.3. The van der Waals surface area contributed by atoms with Crippen molar-refractivity contribution in [2.45, 2.75) is 32.4 Å². The molecule has 6 nitrogen and oxygen atoms in total. The van der Waals surface area contributed by atoms with Crippen LogP contribution in [0, 0.1) is 6.92 Å². The molecule has 0 spiro atoms. The molecule has 0 saturated carbocycles. The lowest BCUT2D eigenvalue weighted by atomic mass is 10.1. The van der Waals surface area contributed by atoms with E-state index in [2.05, 4.69) is 15.5 Å². The molecular weight excluding hydrogens is 329 g/mol. The molecule has 118 valence electrons. The molecule has 0 unspecified atom stereocenters. The van der Waals surface area contributed by atoms with Crippen molar-refractivity contribution in [3.05, 3.63) is 45.5 Å². The Bertz CT molecular complexity index is 655. The van der Waals surface area contributed by atoms with E-state index in [0.717, 1.165) is 0 Å². The van der Waals surface area contributed by atoms with E-state index in [1.807, 2.05) is 6.92 Å². The average Bonchev–Trinajstić information content (AvgIpc) is 2.89. The van der Waals surface area contributed by atoms with Crippen LogP contribution in [-0.4, -0.2) is 21.2 Å². The van der Waals surface area contributed by atoms with Crippen LogP contribution >= 0.6 is 23.2 Å². The minimum Gasteiger partial charge on any atom is -0.378 e. The van der Waals surface area contributed by atoms with Crippen LogP contribution in [0.2, 0.25) is 10.0 Å². The number of carbonyl (C=O) groups is 1. The van der Waals surface area contributed by atoms with E-state index in [0.29, 0.717) is 33.7 Å². The number of aliphatic hydroxyl groups excluding tert-OH is 1. The first-order valence-corrected chi connectivity index (χ1v) is 7.41. The Morgan fingerprint density at radius 2 is 2.00 bits per heavy atom. The highest BCUT2D eigenvalue weighted by Crippen LogP contribution is 2.24. The Hall–Kier alpha value is -1.63. The van der Waals surface area contributed by atoms with Gasteiger partial charge in [-0.3, -0.25) is 4.79 Å². The molecule has 2 N–H and O–H groups in total. The number of aliphatic hydroxyl groups is 1. The molecule has 8 heteroatoms. The summed E-state index contributed by atoms with van der Waals surface area (Å²) in [5.41, 5.74) is 0.314. The van der Waals surface area contributed by atoms with Crippen molar-refractivity contribution in [2.24, 2.45) is 0 Å². The quantitative estimate of drug-likeness (QED) is 0.871. The van der Waals surface area contributed by atoms with Crippen LogP contribution in [0.1, 0.15) is 42.8 Å². The lowest BCUT2D eigenvalue weighted by Gasteiger charge is -2.17. The summed E-state index contributed by atoms with van der Waals surface area (Å²) < 4.78 is 4.90. The summed E-state index contributed by atoms with van der Waals surface area (Å²) in [6.07, 6.45) is -0.841. The summed E-state index contributed by atoms with van der Waals surface area (Å²) >= 11 is 11.7. The number of benzene rings is 1. The van der Waals surface area contributed by atoms with Crippen LogP contribution in [0.3, 0.4) is 0 Å². The molecule has 1 aromatic heterocycles. The molecule has 1 amide bonds. The fraction of sp³-hybridized carbons (Fsp3) is 0.357. The summed E-state index contributed by atoms with van der Waals surface area (Å²) in [5.74, 6) is 0.183. The number of aromatic nitrogens is 2. The molecule has 22 heavy (non-hydrogen) atoms. The minimum absolute atomic E-state index is 0.314. The molecule has 0 radical (unpaired) electrons. The van der Waals surface area contributed by atoms with Crippen LogP contribution in [0.25, 0.3) is 0 Å². The first-order chi connectivity index (χ1) is 10.4. The number of rotatable bonds is 5. The van der Waals surface area contributed by atoms with E-state index < -0.39 is 18.1 Å². The van der Waals surface area contributed by atoms with E-state index >= 15 is 0 Å². The van der Waals surface area contributed by atoms with Gasteiger partial charge in [0.2, 0.25) is 5.89 Å². The van der Waals surface area contributed by atoms with Gasteiger partial charge in [-0.05, 0) is 30.2 Å². The maximum Gasteiger partial charge on any atom is 0.254 e. The Labute approximate surface area is 137 Å². The summed E-state index contributed by atoms with van der Waals surface area (Å²) in [7, 11) is 0. The van der Waals surface area contributed by atoms with Gasteiger partial charge >= 0.3 is 0 Å². The van der Waals surface area contributed by atoms with Crippen molar-refractivity contribution < 1.29 is 14.4 Å². The second-order valence-electron chi connectivity index (χ2n) is 4.75. The van der Waals surface area contributed by atoms with E-state index in [-0.39, 0.29) is 0 Å². The van der Waals surface area contributed by atoms with Crippen molar-refractivity contribution in [3.8, 4) is 0 Å². The number of aryl methyl sites for hydroxylation is 1. The van der Waals surface area contributed by atoms with Gasteiger partial charge in [-0.15, -0.1) is 0 Å². The number of carbonyl (C=O) groups excluding carboxylic acids is 1. The number of amides is 1. The zero-order valence-corrected chi connectivity index (χ0v) is 13.5. The highest BCUT2D eigenvalue weighted by molar-refractivity contribution is 6.34. The Kier molecular flexibility index (Phi) is 5.39. The first kappa shape index (κ1) is 16.7. The first-order valence-electron chi connectivity index (χ1n) is 6.65. The van der Waals surface area contributed by atoms with E-state index in [4.69, 9.17) is 27.7 Å². The molecule has 0 saturated heterocycles.